The molecule has 3 rings (SSSR count). The molecule has 5 nitrogen and oxygen atoms in total. The predicted octanol–water partition coefficient (Wildman–Crippen LogP) is 2.94. The quantitative estimate of drug-likeness (QED) is 0.803. The van der Waals surface area contributed by atoms with Crippen LogP contribution in [0.1, 0.15) is 24.4 Å². The van der Waals surface area contributed by atoms with E-state index in [0.29, 0.717) is 6.54 Å². The Balaban J connectivity index is 1.77. The minimum atomic E-state index is 0.158. The van der Waals surface area contributed by atoms with Crippen LogP contribution >= 0.6 is 15.9 Å². The fraction of sp³-hybridized carbons (Fsp3) is 0.231. The Hall–Kier alpha value is -1.66. The van der Waals surface area contributed by atoms with Crippen LogP contribution in [0.25, 0.3) is 5.65 Å². The number of nitrogens with zero attached hydrogens (tertiary/aromatic N) is 3. The van der Waals surface area contributed by atoms with Crippen LogP contribution in [0.5, 0.6) is 0 Å². The minimum absolute atomic E-state index is 0.158. The molecule has 6 heteroatoms. The fourth-order valence-electron chi connectivity index (χ4n) is 1.94. The van der Waals surface area contributed by atoms with Crippen LogP contribution in [0.3, 0.4) is 0 Å². The summed E-state index contributed by atoms with van der Waals surface area (Å²) in [5.74, 6) is 0.927. The largest absolute Gasteiger partial charge is 0.468 e. The predicted molar refractivity (Wildman–Crippen MR) is 74.6 cm³/mol. The van der Waals surface area contributed by atoms with Crippen molar-refractivity contribution in [2.45, 2.75) is 19.5 Å². The summed E-state index contributed by atoms with van der Waals surface area (Å²) in [7, 11) is 0. The lowest BCUT2D eigenvalue weighted by molar-refractivity contribution is 0.428. The van der Waals surface area contributed by atoms with Crippen LogP contribution < -0.4 is 5.32 Å². The van der Waals surface area contributed by atoms with Gasteiger partial charge in [0.05, 0.1) is 30.4 Å². The van der Waals surface area contributed by atoms with Crippen molar-refractivity contribution in [1.29, 1.82) is 0 Å². The summed E-state index contributed by atoms with van der Waals surface area (Å²) in [5.41, 5.74) is 1.92. The van der Waals surface area contributed by atoms with E-state index in [1.165, 1.54) is 0 Å². The normalized spacial score (nSPS) is 12.9. The summed E-state index contributed by atoms with van der Waals surface area (Å²) in [6.45, 7) is 2.78. The summed E-state index contributed by atoms with van der Waals surface area (Å²) in [4.78, 5) is 8.47. The number of furan rings is 1. The van der Waals surface area contributed by atoms with E-state index in [2.05, 4.69) is 38.1 Å². The van der Waals surface area contributed by atoms with Gasteiger partial charge < -0.3 is 9.73 Å². The van der Waals surface area contributed by atoms with Crippen molar-refractivity contribution in [1.82, 2.24) is 19.7 Å². The highest BCUT2D eigenvalue weighted by Crippen LogP contribution is 2.14. The Morgan fingerprint density at radius 3 is 3.11 bits per heavy atom. The lowest BCUT2D eigenvalue weighted by atomic mass is 10.2. The van der Waals surface area contributed by atoms with E-state index in [0.717, 1.165) is 21.7 Å². The van der Waals surface area contributed by atoms with Gasteiger partial charge in [-0.3, -0.25) is 4.40 Å². The maximum atomic E-state index is 5.37. The molecule has 0 saturated heterocycles. The Bertz CT molecular complexity index is 677. The molecular formula is C13H13BrN4O. The molecular weight excluding hydrogens is 308 g/mol. The number of rotatable bonds is 4. The number of imidazole rings is 1. The first kappa shape index (κ1) is 12.4. The molecule has 0 saturated carbocycles. The van der Waals surface area contributed by atoms with E-state index in [4.69, 9.17) is 4.42 Å². The minimum Gasteiger partial charge on any atom is -0.468 e. The van der Waals surface area contributed by atoms with E-state index in [9.17, 15) is 0 Å². The summed E-state index contributed by atoms with van der Waals surface area (Å²) >= 11 is 3.37. The summed E-state index contributed by atoms with van der Waals surface area (Å²) in [5, 5.41) is 3.41. The van der Waals surface area contributed by atoms with Gasteiger partial charge >= 0.3 is 0 Å². The molecule has 0 spiro atoms. The molecule has 98 valence electrons. The van der Waals surface area contributed by atoms with Gasteiger partial charge in [0.25, 0.3) is 0 Å². The number of nitrogens with one attached hydrogen (secondary N) is 1. The zero-order valence-corrected chi connectivity index (χ0v) is 12.0. The molecule has 3 heterocycles. The highest BCUT2D eigenvalue weighted by Gasteiger charge is 2.09. The number of aromatic nitrogens is 3. The van der Waals surface area contributed by atoms with Crippen LogP contribution in [0, 0.1) is 0 Å². The average Bonchev–Trinajstić information content (AvgIpc) is 3.05. The summed E-state index contributed by atoms with van der Waals surface area (Å²) in [6, 6.07) is 4.02. The fourth-order valence-corrected chi connectivity index (χ4v) is 2.25. The van der Waals surface area contributed by atoms with Gasteiger partial charge in [0.2, 0.25) is 0 Å². The molecule has 0 fully saturated rings. The highest BCUT2D eigenvalue weighted by atomic mass is 79.9. The van der Waals surface area contributed by atoms with Crippen molar-refractivity contribution in [3.05, 3.63) is 53.0 Å². The van der Waals surface area contributed by atoms with Crippen LogP contribution in [-0.4, -0.2) is 14.4 Å². The second kappa shape index (κ2) is 5.14. The zero-order chi connectivity index (χ0) is 13.2. The van der Waals surface area contributed by atoms with Crippen LogP contribution in [0.2, 0.25) is 0 Å². The maximum absolute atomic E-state index is 5.37. The highest BCUT2D eigenvalue weighted by molar-refractivity contribution is 9.10. The molecule has 0 bridgehead atoms. The maximum Gasteiger partial charge on any atom is 0.155 e. The SMILES string of the molecule is CC(NCc1cnc2cnc(Br)cn12)c1ccco1. The molecule has 0 aliphatic rings. The van der Waals surface area contributed by atoms with Crippen molar-refractivity contribution in [2.24, 2.45) is 0 Å². The standard InChI is InChI=1S/C13H13BrN4O/c1-9(11-3-2-4-19-11)15-5-10-6-17-13-7-16-12(14)8-18(10)13/h2-4,6-9,15H,5H2,1H3. The van der Waals surface area contributed by atoms with Gasteiger partial charge in [-0.2, -0.15) is 0 Å². The molecule has 0 radical (unpaired) electrons. The molecule has 19 heavy (non-hydrogen) atoms. The first-order chi connectivity index (χ1) is 9.24. The van der Waals surface area contributed by atoms with Gasteiger partial charge in [-0.25, -0.2) is 9.97 Å². The lowest BCUT2D eigenvalue weighted by Crippen LogP contribution is -2.18. The summed E-state index contributed by atoms with van der Waals surface area (Å²) in [6.07, 6.45) is 7.19. The number of hydrogen-bond donors (Lipinski definition) is 1. The second-order valence-corrected chi connectivity index (χ2v) is 5.12. The van der Waals surface area contributed by atoms with Gasteiger partial charge in [-0.15, -0.1) is 0 Å². The third kappa shape index (κ3) is 2.54. The molecule has 1 unspecified atom stereocenters. The molecule has 1 N–H and O–H groups in total. The molecule has 1 atom stereocenters. The van der Waals surface area contributed by atoms with E-state index >= 15 is 0 Å². The lowest BCUT2D eigenvalue weighted by Gasteiger charge is -2.10. The zero-order valence-electron chi connectivity index (χ0n) is 10.4. The molecule has 0 aromatic carbocycles. The van der Waals surface area contributed by atoms with Gasteiger partial charge in [0.15, 0.2) is 5.65 Å². The van der Waals surface area contributed by atoms with Crippen molar-refractivity contribution in [2.75, 3.05) is 0 Å². The molecule has 3 aromatic rings. The Kier molecular flexibility index (Phi) is 3.35. The second-order valence-electron chi connectivity index (χ2n) is 4.31. The number of fused-ring (bicyclic) bond motifs is 1. The smallest absolute Gasteiger partial charge is 0.155 e. The van der Waals surface area contributed by atoms with Crippen molar-refractivity contribution < 1.29 is 4.42 Å². The average molecular weight is 321 g/mol. The van der Waals surface area contributed by atoms with E-state index in [1.807, 2.05) is 28.9 Å². The van der Waals surface area contributed by atoms with E-state index < -0.39 is 0 Å². The van der Waals surface area contributed by atoms with Crippen molar-refractivity contribution >= 4 is 21.6 Å². The molecule has 0 aliphatic carbocycles. The third-order valence-corrected chi connectivity index (χ3v) is 3.41. The van der Waals surface area contributed by atoms with Crippen molar-refractivity contribution in [3.8, 4) is 0 Å². The monoisotopic (exact) mass is 320 g/mol. The summed E-state index contributed by atoms with van der Waals surface area (Å²) < 4.78 is 8.17. The van der Waals surface area contributed by atoms with Gasteiger partial charge in [0.1, 0.15) is 10.4 Å². The molecule has 0 amide bonds. The van der Waals surface area contributed by atoms with Crippen LogP contribution in [0.15, 0.2) is 46.0 Å². The van der Waals surface area contributed by atoms with Crippen molar-refractivity contribution in [3.63, 3.8) is 0 Å². The third-order valence-electron chi connectivity index (χ3n) is 3.00. The van der Waals surface area contributed by atoms with Crippen LogP contribution in [0.4, 0.5) is 0 Å². The molecule has 3 aromatic heterocycles. The topological polar surface area (TPSA) is 55.4 Å². The number of hydrogen-bond acceptors (Lipinski definition) is 4. The van der Waals surface area contributed by atoms with Gasteiger partial charge in [-0.1, -0.05) is 0 Å². The Morgan fingerprint density at radius 2 is 2.32 bits per heavy atom. The molecule has 0 aliphatic heterocycles. The van der Waals surface area contributed by atoms with Gasteiger partial charge in [0, 0.05) is 12.7 Å². The van der Waals surface area contributed by atoms with E-state index in [-0.39, 0.29) is 6.04 Å². The number of halogens is 1. The van der Waals surface area contributed by atoms with Gasteiger partial charge in [-0.05, 0) is 35.0 Å². The Morgan fingerprint density at radius 1 is 1.42 bits per heavy atom. The Labute approximate surface area is 118 Å². The van der Waals surface area contributed by atoms with Crippen LogP contribution in [-0.2, 0) is 6.54 Å². The van der Waals surface area contributed by atoms with E-state index in [1.54, 1.807) is 12.5 Å². The first-order valence-corrected chi connectivity index (χ1v) is 6.77. The first-order valence-electron chi connectivity index (χ1n) is 5.98.